The Labute approximate surface area is 142 Å². The molecule has 6 heteroatoms. The van der Waals surface area contributed by atoms with Crippen LogP contribution in [0.4, 0.5) is 0 Å². The monoisotopic (exact) mass is 328 g/mol. The zero-order valence-corrected chi connectivity index (χ0v) is 14.3. The molecular formula is C18H24N4O2. The number of ether oxygens (including phenoxy) is 1. The van der Waals surface area contributed by atoms with Crippen LogP contribution in [0.1, 0.15) is 49.2 Å². The number of piperidine rings is 1. The SMILES string of the molecule is CCOC(=O)c1n[nH]nc1-c1cccc(CN2CCCCC2C)c1. The van der Waals surface area contributed by atoms with Crippen LogP contribution in [-0.4, -0.2) is 45.5 Å². The third-order valence-corrected chi connectivity index (χ3v) is 4.54. The van der Waals surface area contributed by atoms with E-state index in [1.54, 1.807) is 6.92 Å². The molecule has 24 heavy (non-hydrogen) atoms. The Hall–Kier alpha value is -2.21. The zero-order valence-electron chi connectivity index (χ0n) is 14.3. The molecular weight excluding hydrogens is 304 g/mol. The van der Waals surface area contributed by atoms with Gasteiger partial charge < -0.3 is 4.74 Å². The first kappa shape index (κ1) is 16.6. The van der Waals surface area contributed by atoms with Crippen LogP contribution in [-0.2, 0) is 11.3 Å². The number of carbonyl (C=O) groups excluding carboxylic acids is 1. The lowest BCUT2D eigenvalue weighted by Crippen LogP contribution is -2.36. The molecule has 1 fully saturated rings. The zero-order chi connectivity index (χ0) is 16.9. The number of rotatable bonds is 5. The van der Waals surface area contributed by atoms with E-state index in [9.17, 15) is 4.79 Å². The molecule has 1 aliphatic heterocycles. The Bertz CT molecular complexity index is 698. The van der Waals surface area contributed by atoms with E-state index in [1.165, 1.54) is 24.8 Å². The molecule has 1 atom stereocenters. The van der Waals surface area contributed by atoms with Gasteiger partial charge in [-0.05, 0) is 44.9 Å². The van der Waals surface area contributed by atoms with Gasteiger partial charge in [0.2, 0.25) is 0 Å². The van der Waals surface area contributed by atoms with Crippen LogP contribution in [0, 0.1) is 0 Å². The van der Waals surface area contributed by atoms with Crippen molar-refractivity contribution in [2.75, 3.05) is 13.2 Å². The van der Waals surface area contributed by atoms with E-state index in [0.717, 1.165) is 18.7 Å². The Kier molecular flexibility index (Phi) is 5.25. The van der Waals surface area contributed by atoms with Crippen molar-refractivity contribution in [3.8, 4) is 11.3 Å². The van der Waals surface area contributed by atoms with E-state index in [1.807, 2.05) is 12.1 Å². The van der Waals surface area contributed by atoms with Gasteiger partial charge in [-0.25, -0.2) is 4.79 Å². The first-order valence-corrected chi connectivity index (χ1v) is 8.60. The van der Waals surface area contributed by atoms with E-state index in [4.69, 9.17) is 4.74 Å². The van der Waals surface area contributed by atoms with Gasteiger partial charge in [0.1, 0.15) is 5.69 Å². The van der Waals surface area contributed by atoms with Crippen molar-refractivity contribution >= 4 is 5.97 Å². The third-order valence-electron chi connectivity index (χ3n) is 4.54. The Morgan fingerprint density at radius 2 is 2.25 bits per heavy atom. The van der Waals surface area contributed by atoms with Crippen LogP contribution in [0.3, 0.4) is 0 Å². The summed E-state index contributed by atoms with van der Waals surface area (Å²) in [6.07, 6.45) is 3.84. The molecule has 0 saturated carbocycles. The summed E-state index contributed by atoms with van der Waals surface area (Å²) in [7, 11) is 0. The molecule has 1 saturated heterocycles. The smallest absolute Gasteiger partial charge is 0.361 e. The summed E-state index contributed by atoms with van der Waals surface area (Å²) in [5.74, 6) is -0.448. The summed E-state index contributed by atoms with van der Waals surface area (Å²) in [6.45, 7) is 6.45. The number of benzene rings is 1. The van der Waals surface area contributed by atoms with E-state index < -0.39 is 5.97 Å². The number of likely N-dealkylation sites (tertiary alicyclic amines) is 1. The number of aromatic amines is 1. The fraction of sp³-hybridized carbons (Fsp3) is 0.500. The summed E-state index contributed by atoms with van der Waals surface area (Å²) in [5, 5.41) is 10.6. The molecule has 1 aromatic heterocycles. The maximum atomic E-state index is 12.0. The number of hydrogen-bond acceptors (Lipinski definition) is 5. The van der Waals surface area contributed by atoms with Crippen LogP contribution < -0.4 is 0 Å². The quantitative estimate of drug-likeness (QED) is 0.854. The minimum atomic E-state index is -0.448. The van der Waals surface area contributed by atoms with Gasteiger partial charge in [-0.1, -0.05) is 24.6 Å². The van der Waals surface area contributed by atoms with E-state index in [2.05, 4.69) is 39.4 Å². The molecule has 128 valence electrons. The predicted octanol–water partition coefficient (Wildman–Crippen LogP) is 3.02. The molecule has 3 rings (SSSR count). The molecule has 0 aliphatic carbocycles. The van der Waals surface area contributed by atoms with Gasteiger partial charge in [0, 0.05) is 18.2 Å². The average molecular weight is 328 g/mol. The van der Waals surface area contributed by atoms with Crippen molar-refractivity contribution in [3.05, 3.63) is 35.5 Å². The molecule has 1 aromatic carbocycles. The van der Waals surface area contributed by atoms with E-state index in [0.29, 0.717) is 18.3 Å². The van der Waals surface area contributed by atoms with Crippen LogP contribution >= 0.6 is 0 Å². The van der Waals surface area contributed by atoms with Crippen LogP contribution in [0.25, 0.3) is 11.3 Å². The van der Waals surface area contributed by atoms with Gasteiger partial charge in [-0.15, -0.1) is 5.10 Å². The molecule has 1 N–H and O–H groups in total. The molecule has 6 nitrogen and oxygen atoms in total. The van der Waals surface area contributed by atoms with Crippen molar-refractivity contribution in [2.24, 2.45) is 0 Å². The normalized spacial score (nSPS) is 18.5. The second kappa shape index (κ2) is 7.57. The van der Waals surface area contributed by atoms with Gasteiger partial charge in [-0.3, -0.25) is 4.90 Å². The average Bonchev–Trinajstić information content (AvgIpc) is 3.07. The lowest BCUT2D eigenvalue weighted by atomic mass is 10.0. The second-order valence-corrected chi connectivity index (χ2v) is 6.26. The van der Waals surface area contributed by atoms with Gasteiger partial charge in [0.05, 0.1) is 6.61 Å². The fourth-order valence-electron chi connectivity index (χ4n) is 3.22. The molecule has 0 amide bonds. The number of H-pyrrole nitrogens is 1. The predicted molar refractivity (Wildman–Crippen MR) is 91.5 cm³/mol. The number of carbonyl (C=O) groups is 1. The maximum absolute atomic E-state index is 12.0. The topological polar surface area (TPSA) is 71.1 Å². The highest BCUT2D eigenvalue weighted by Gasteiger charge is 2.21. The highest BCUT2D eigenvalue weighted by Crippen LogP contribution is 2.24. The van der Waals surface area contributed by atoms with E-state index >= 15 is 0 Å². The maximum Gasteiger partial charge on any atom is 0.361 e. The van der Waals surface area contributed by atoms with Crippen molar-refractivity contribution in [1.29, 1.82) is 0 Å². The summed E-state index contributed by atoms with van der Waals surface area (Å²) in [5.41, 5.74) is 2.88. The Morgan fingerprint density at radius 1 is 1.38 bits per heavy atom. The summed E-state index contributed by atoms with van der Waals surface area (Å²) >= 11 is 0. The summed E-state index contributed by atoms with van der Waals surface area (Å²) < 4.78 is 5.04. The fourth-order valence-corrected chi connectivity index (χ4v) is 3.22. The third kappa shape index (κ3) is 3.64. The molecule has 2 heterocycles. The second-order valence-electron chi connectivity index (χ2n) is 6.26. The highest BCUT2D eigenvalue weighted by molar-refractivity contribution is 5.93. The summed E-state index contributed by atoms with van der Waals surface area (Å²) in [6, 6.07) is 8.77. The van der Waals surface area contributed by atoms with Crippen LogP contribution in [0.2, 0.25) is 0 Å². The largest absolute Gasteiger partial charge is 0.461 e. The Balaban J connectivity index is 1.81. The lowest BCUT2D eigenvalue weighted by Gasteiger charge is -2.33. The van der Waals surface area contributed by atoms with Crippen molar-refractivity contribution in [1.82, 2.24) is 20.3 Å². The molecule has 0 bridgehead atoms. The van der Waals surface area contributed by atoms with Gasteiger partial charge in [0.15, 0.2) is 5.69 Å². The van der Waals surface area contributed by atoms with Crippen molar-refractivity contribution in [2.45, 2.75) is 45.7 Å². The first-order valence-electron chi connectivity index (χ1n) is 8.60. The first-order chi connectivity index (χ1) is 11.7. The van der Waals surface area contributed by atoms with E-state index in [-0.39, 0.29) is 5.69 Å². The molecule has 1 aliphatic rings. The van der Waals surface area contributed by atoms with Gasteiger partial charge in [-0.2, -0.15) is 10.3 Å². The van der Waals surface area contributed by atoms with Crippen molar-refractivity contribution < 1.29 is 9.53 Å². The van der Waals surface area contributed by atoms with Crippen molar-refractivity contribution in [3.63, 3.8) is 0 Å². The highest BCUT2D eigenvalue weighted by atomic mass is 16.5. The lowest BCUT2D eigenvalue weighted by molar-refractivity contribution is 0.0520. The minimum absolute atomic E-state index is 0.236. The molecule has 0 radical (unpaired) electrons. The minimum Gasteiger partial charge on any atom is -0.461 e. The van der Waals surface area contributed by atoms with Crippen LogP contribution in [0.5, 0.6) is 0 Å². The number of aromatic nitrogens is 3. The molecule has 1 unspecified atom stereocenters. The van der Waals surface area contributed by atoms with Gasteiger partial charge >= 0.3 is 5.97 Å². The standard InChI is InChI=1S/C18H24N4O2/c1-3-24-18(23)17-16(19-21-20-17)15-9-6-8-14(11-15)12-22-10-5-4-7-13(22)2/h6,8-9,11,13H,3-5,7,10,12H2,1-2H3,(H,19,20,21). The number of nitrogens with zero attached hydrogens (tertiary/aromatic N) is 3. The van der Waals surface area contributed by atoms with Gasteiger partial charge in [0.25, 0.3) is 0 Å². The summed E-state index contributed by atoms with van der Waals surface area (Å²) in [4.78, 5) is 14.5. The Morgan fingerprint density at radius 3 is 3.04 bits per heavy atom. The molecule has 2 aromatic rings. The number of nitrogens with one attached hydrogen (secondary N) is 1. The number of esters is 1. The van der Waals surface area contributed by atoms with Crippen LogP contribution in [0.15, 0.2) is 24.3 Å². The number of hydrogen-bond donors (Lipinski definition) is 1. The molecule has 0 spiro atoms.